The first kappa shape index (κ1) is 21.7. The largest absolute Gasteiger partial charge is 0.378 e. The van der Waals surface area contributed by atoms with E-state index in [0.29, 0.717) is 12.2 Å². The van der Waals surface area contributed by atoms with Gasteiger partial charge < -0.3 is 10.2 Å². The number of amides is 1. The molecule has 0 saturated carbocycles. The molecule has 2 rings (SSSR count). The lowest BCUT2D eigenvalue weighted by molar-refractivity contribution is -0.119. The van der Waals surface area contributed by atoms with Crippen LogP contribution in [-0.2, 0) is 21.5 Å². The highest BCUT2D eigenvalue weighted by Crippen LogP contribution is 2.20. The maximum absolute atomic E-state index is 12.7. The Bertz CT molecular complexity index is 892. The van der Waals surface area contributed by atoms with Gasteiger partial charge in [0, 0.05) is 40.4 Å². The summed E-state index contributed by atoms with van der Waals surface area (Å²) in [6.07, 6.45) is 0. The molecule has 2 aromatic carbocycles. The topological polar surface area (TPSA) is 73.0 Å². The molecule has 0 bridgehead atoms. The number of aryl methyl sites for hydroxylation is 1. The number of anilines is 2. The highest BCUT2D eigenvalue weighted by molar-refractivity contribution is 7.90. The first-order valence-corrected chi connectivity index (χ1v) is 10.3. The third-order valence-corrected chi connectivity index (χ3v) is 6.11. The fourth-order valence-electron chi connectivity index (χ4n) is 2.51. The number of benzene rings is 2. The van der Waals surface area contributed by atoms with Crippen LogP contribution in [0.2, 0.25) is 0 Å². The molecule has 1 amide bonds. The normalized spacial score (nSPS) is 11.4. The molecule has 0 saturated heterocycles. The van der Waals surface area contributed by atoms with Crippen LogP contribution in [-0.4, -0.2) is 53.4 Å². The number of rotatable bonds is 8. The smallest absolute Gasteiger partial charge is 0.304 e. The van der Waals surface area contributed by atoms with Gasteiger partial charge in [-0.15, -0.1) is 0 Å². The zero-order valence-corrected chi connectivity index (χ0v) is 17.8. The fourth-order valence-corrected chi connectivity index (χ4v) is 3.58. The van der Waals surface area contributed by atoms with Crippen molar-refractivity contribution in [1.82, 2.24) is 9.62 Å². The van der Waals surface area contributed by atoms with Gasteiger partial charge in [0.2, 0.25) is 5.91 Å². The first-order valence-electron chi connectivity index (χ1n) is 8.91. The minimum atomic E-state index is -3.80. The summed E-state index contributed by atoms with van der Waals surface area (Å²) < 4.78 is 27.6. The zero-order chi connectivity index (χ0) is 20.9. The Morgan fingerprint density at radius 2 is 1.43 bits per heavy atom. The number of nitrogens with zero attached hydrogens (tertiary/aromatic N) is 3. The second-order valence-corrected chi connectivity index (χ2v) is 9.04. The van der Waals surface area contributed by atoms with Gasteiger partial charge in [0.05, 0.1) is 5.69 Å². The van der Waals surface area contributed by atoms with Crippen LogP contribution in [0.3, 0.4) is 0 Å². The third kappa shape index (κ3) is 5.46. The van der Waals surface area contributed by atoms with Crippen molar-refractivity contribution in [2.45, 2.75) is 13.5 Å². The minimum absolute atomic E-state index is 0.292. The molecule has 152 valence electrons. The van der Waals surface area contributed by atoms with Gasteiger partial charge in [0.15, 0.2) is 0 Å². The second kappa shape index (κ2) is 9.07. The van der Waals surface area contributed by atoms with Crippen molar-refractivity contribution in [1.29, 1.82) is 0 Å². The van der Waals surface area contributed by atoms with E-state index in [2.05, 4.69) is 5.32 Å². The standard InChI is InChI=1S/C20H28N4O3S/c1-16-6-10-19(11-7-16)24(28(26,27)23(4)5)15-20(25)21-14-17-8-12-18(13-9-17)22(2)3/h6-13H,14-15H2,1-5H3,(H,21,25). The van der Waals surface area contributed by atoms with E-state index in [4.69, 9.17) is 0 Å². The van der Waals surface area contributed by atoms with Gasteiger partial charge in [0.1, 0.15) is 6.54 Å². The molecule has 0 aliphatic rings. The van der Waals surface area contributed by atoms with E-state index in [1.165, 1.54) is 14.1 Å². The monoisotopic (exact) mass is 404 g/mol. The van der Waals surface area contributed by atoms with Crippen LogP contribution in [0, 0.1) is 6.92 Å². The van der Waals surface area contributed by atoms with Crippen molar-refractivity contribution < 1.29 is 13.2 Å². The van der Waals surface area contributed by atoms with Crippen LogP contribution in [0.5, 0.6) is 0 Å². The molecule has 0 spiro atoms. The summed E-state index contributed by atoms with van der Waals surface area (Å²) in [7, 11) is 3.01. The molecule has 8 heteroatoms. The summed E-state index contributed by atoms with van der Waals surface area (Å²) in [5, 5.41) is 2.79. The van der Waals surface area contributed by atoms with Crippen LogP contribution in [0.4, 0.5) is 11.4 Å². The van der Waals surface area contributed by atoms with Crippen molar-refractivity contribution in [2.24, 2.45) is 0 Å². The van der Waals surface area contributed by atoms with Crippen molar-refractivity contribution in [2.75, 3.05) is 43.9 Å². The lowest BCUT2D eigenvalue weighted by atomic mass is 10.2. The fraction of sp³-hybridized carbons (Fsp3) is 0.350. The summed E-state index contributed by atoms with van der Waals surface area (Å²) in [6, 6.07) is 14.8. The Hall–Kier alpha value is -2.58. The van der Waals surface area contributed by atoms with E-state index in [1.54, 1.807) is 12.1 Å². The van der Waals surface area contributed by atoms with E-state index in [-0.39, 0.29) is 12.5 Å². The summed E-state index contributed by atoms with van der Waals surface area (Å²) in [4.78, 5) is 14.5. The number of hydrogen-bond acceptors (Lipinski definition) is 4. The Morgan fingerprint density at radius 3 is 1.93 bits per heavy atom. The van der Waals surface area contributed by atoms with Crippen LogP contribution in [0.15, 0.2) is 48.5 Å². The SMILES string of the molecule is Cc1ccc(N(CC(=O)NCc2ccc(N(C)C)cc2)S(=O)(=O)N(C)C)cc1. The summed E-state index contributed by atoms with van der Waals surface area (Å²) in [5.41, 5.74) is 3.47. The summed E-state index contributed by atoms with van der Waals surface area (Å²) >= 11 is 0. The van der Waals surface area contributed by atoms with E-state index in [1.807, 2.05) is 62.3 Å². The third-order valence-electron chi connectivity index (χ3n) is 4.29. The lowest BCUT2D eigenvalue weighted by Gasteiger charge is -2.27. The Balaban J connectivity index is 2.10. The molecule has 0 unspecified atom stereocenters. The van der Waals surface area contributed by atoms with Gasteiger partial charge in [0.25, 0.3) is 0 Å². The molecule has 28 heavy (non-hydrogen) atoms. The zero-order valence-electron chi connectivity index (χ0n) is 17.0. The van der Waals surface area contributed by atoms with Crippen LogP contribution < -0.4 is 14.5 Å². The summed E-state index contributed by atoms with van der Waals surface area (Å²) in [6.45, 7) is 1.96. The molecule has 2 aromatic rings. The molecule has 0 aliphatic heterocycles. The Morgan fingerprint density at radius 1 is 0.893 bits per heavy atom. The molecular weight excluding hydrogens is 376 g/mol. The maximum Gasteiger partial charge on any atom is 0.304 e. The molecule has 0 aromatic heterocycles. The van der Waals surface area contributed by atoms with Gasteiger partial charge in [-0.3, -0.25) is 4.79 Å². The molecular formula is C20H28N4O3S. The number of hydrogen-bond donors (Lipinski definition) is 1. The lowest BCUT2D eigenvalue weighted by Crippen LogP contribution is -2.45. The quantitative estimate of drug-likeness (QED) is 0.730. The molecule has 0 aliphatic carbocycles. The van der Waals surface area contributed by atoms with E-state index < -0.39 is 10.2 Å². The van der Waals surface area contributed by atoms with Gasteiger partial charge in [-0.05, 0) is 36.8 Å². The van der Waals surface area contributed by atoms with E-state index in [9.17, 15) is 13.2 Å². The van der Waals surface area contributed by atoms with Gasteiger partial charge in [-0.25, -0.2) is 4.31 Å². The van der Waals surface area contributed by atoms with Crippen molar-refractivity contribution in [3.63, 3.8) is 0 Å². The molecule has 0 atom stereocenters. The number of nitrogens with one attached hydrogen (secondary N) is 1. The molecule has 0 fully saturated rings. The first-order chi connectivity index (χ1) is 13.1. The highest BCUT2D eigenvalue weighted by Gasteiger charge is 2.27. The average Bonchev–Trinajstić information content (AvgIpc) is 2.65. The predicted molar refractivity (Wildman–Crippen MR) is 114 cm³/mol. The van der Waals surface area contributed by atoms with Crippen LogP contribution in [0.25, 0.3) is 0 Å². The summed E-state index contributed by atoms with van der Waals surface area (Å²) in [5.74, 6) is -0.373. The minimum Gasteiger partial charge on any atom is -0.378 e. The Labute approximate surface area is 167 Å². The van der Waals surface area contributed by atoms with Crippen molar-refractivity contribution >= 4 is 27.5 Å². The van der Waals surface area contributed by atoms with E-state index in [0.717, 1.165) is 25.4 Å². The maximum atomic E-state index is 12.7. The number of carbonyl (C=O) groups excluding carboxylic acids is 1. The van der Waals surface area contributed by atoms with Crippen LogP contribution >= 0.6 is 0 Å². The van der Waals surface area contributed by atoms with Crippen LogP contribution in [0.1, 0.15) is 11.1 Å². The molecule has 7 nitrogen and oxygen atoms in total. The number of carbonyl (C=O) groups is 1. The van der Waals surface area contributed by atoms with E-state index >= 15 is 0 Å². The van der Waals surface area contributed by atoms with Crippen molar-refractivity contribution in [3.05, 3.63) is 59.7 Å². The van der Waals surface area contributed by atoms with Gasteiger partial charge >= 0.3 is 10.2 Å². The van der Waals surface area contributed by atoms with Crippen molar-refractivity contribution in [3.8, 4) is 0 Å². The average molecular weight is 405 g/mol. The highest BCUT2D eigenvalue weighted by atomic mass is 32.2. The predicted octanol–water partition coefficient (Wildman–Crippen LogP) is 1.99. The molecule has 1 N–H and O–H groups in total. The molecule has 0 radical (unpaired) electrons. The van der Waals surface area contributed by atoms with Gasteiger partial charge in [-0.1, -0.05) is 29.8 Å². The van der Waals surface area contributed by atoms with Gasteiger partial charge in [-0.2, -0.15) is 12.7 Å². The molecule has 0 heterocycles. The second-order valence-electron chi connectivity index (χ2n) is 6.97. The Kier molecular flexibility index (Phi) is 7.04.